The van der Waals surface area contributed by atoms with Gasteiger partial charge >= 0.3 is 0 Å². The Balaban J connectivity index is 2.39. The first-order valence-corrected chi connectivity index (χ1v) is 8.19. The van der Waals surface area contributed by atoms with Crippen molar-refractivity contribution in [2.75, 3.05) is 12.9 Å². The van der Waals surface area contributed by atoms with Gasteiger partial charge in [-0.15, -0.1) is 11.8 Å². The summed E-state index contributed by atoms with van der Waals surface area (Å²) in [5.41, 5.74) is 7.36. The molecule has 0 heterocycles. The van der Waals surface area contributed by atoms with Gasteiger partial charge in [0.05, 0.1) is 16.5 Å². The molecule has 3 nitrogen and oxygen atoms in total. The van der Waals surface area contributed by atoms with Gasteiger partial charge in [0.2, 0.25) is 0 Å². The fourth-order valence-electron chi connectivity index (χ4n) is 1.96. The first-order valence-electron chi connectivity index (χ1n) is 6.59. The van der Waals surface area contributed by atoms with Crippen molar-refractivity contribution in [1.82, 2.24) is 0 Å². The number of nitrogens with two attached hydrogens (primary N) is 1. The molecule has 1 fully saturated rings. The third-order valence-electron chi connectivity index (χ3n) is 3.15. The quantitative estimate of drug-likeness (QED) is 0.642. The summed E-state index contributed by atoms with van der Waals surface area (Å²) < 4.78 is 5.59. The van der Waals surface area contributed by atoms with Crippen LogP contribution in [0, 0.1) is 5.92 Å². The van der Waals surface area contributed by atoms with Crippen LogP contribution in [0.1, 0.15) is 25.3 Å². The van der Waals surface area contributed by atoms with Crippen LogP contribution in [-0.4, -0.2) is 18.6 Å². The van der Waals surface area contributed by atoms with Gasteiger partial charge < -0.3 is 10.5 Å². The van der Waals surface area contributed by atoms with Crippen molar-refractivity contribution in [3.05, 3.63) is 28.8 Å². The van der Waals surface area contributed by atoms with E-state index < -0.39 is 0 Å². The van der Waals surface area contributed by atoms with Crippen LogP contribution in [0.3, 0.4) is 0 Å². The van der Waals surface area contributed by atoms with Crippen molar-refractivity contribution < 1.29 is 9.53 Å². The monoisotopic (exact) mass is 311 g/mol. The van der Waals surface area contributed by atoms with Crippen molar-refractivity contribution in [3.8, 4) is 5.75 Å². The molecular weight excluding hydrogens is 294 g/mol. The minimum absolute atomic E-state index is 0.113. The van der Waals surface area contributed by atoms with Gasteiger partial charge in [-0.25, -0.2) is 0 Å². The number of thioether (sulfide) groups is 1. The Bertz CT molecular complexity index is 553. The molecule has 1 aromatic carbocycles. The Kier molecular flexibility index (Phi) is 5.00. The molecule has 1 aromatic rings. The molecular formula is C15H18ClNO2S. The number of hydrogen-bond acceptors (Lipinski definition) is 4. The Labute approximate surface area is 128 Å². The van der Waals surface area contributed by atoms with E-state index in [1.165, 1.54) is 17.8 Å². The SMILES string of the molecule is CCOc1c(Cl)ccc(C(N)=CC(=O)C2CC2)c1SC. The lowest BCUT2D eigenvalue weighted by Crippen LogP contribution is -2.05. The zero-order chi connectivity index (χ0) is 14.7. The van der Waals surface area contributed by atoms with Crippen LogP contribution < -0.4 is 10.5 Å². The number of carbonyl (C=O) groups is 1. The summed E-state index contributed by atoms with van der Waals surface area (Å²) in [4.78, 5) is 12.7. The molecule has 0 unspecified atom stereocenters. The number of benzene rings is 1. The zero-order valence-electron chi connectivity index (χ0n) is 11.6. The first-order chi connectivity index (χ1) is 9.58. The van der Waals surface area contributed by atoms with Gasteiger partial charge in [-0.2, -0.15) is 0 Å². The highest BCUT2D eigenvalue weighted by molar-refractivity contribution is 7.98. The molecule has 1 saturated carbocycles. The highest BCUT2D eigenvalue weighted by Crippen LogP contribution is 2.39. The summed E-state index contributed by atoms with van der Waals surface area (Å²) in [7, 11) is 0. The highest BCUT2D eigenvalue weighted by atomic mass is 35.5. The maximum Gasteiger partial charge on any atom is 0.160 e. The maximum absolute atomic E-state index is 11.8. The van der Waals surface area contributed by atoms with Gasteiger partial charge in [-0.1, -0.05) is 17.7 Å². The fourth-order valence-corrected chi connectivity index (χ4v) is 2.99. The summed E-state index contributed by atoms with van der Waals surface area (Å²) in [6.07, 6.45) is 5.43. The van der Waals surface area contributed by atoms with E-state index in [0.717, 1.165) is 23.3 Å². The van der Waals surface area contributed by atoms with Crippen LogP contribution in [-0.2, 0) is 4.79 Å². The molecule has 2 rings (SSSR count). The van der Waals surface area contributed by atoms with Gasteiger partial charge in [0.25, 0.3) is 0 Å². The topological polar surface area (TPSA) is 52.3 Å². The molecule has 108 valence electrons. The number of rotatable bonds is 6. The standard InChI is InChI=1S/C15H18ClNO2S/c1-3-19-14-11(16)7-6-10(15(14)20-2)12(17)8-13(18)9-4-5-9/h6-9H,3-5,17H2,1-2H3. The molecule has 0 aliphatic heterocycles. The van der Waals surface area contributed by atoms with E-state index in [9.17, 15) is 4.79 Å². The number of ether oxygens (including phenoxy) is 1. The smallest absolute Gasteiger partial charge is 0.160 e. The molecule has 0 saturated heterocycles. The average molecular weight is 312 g/mol. The number of allylic oxidation sites excluding steroid dienone is 1. The van der Waals surface area contributed by atoms with Crippen molar-refractivity contribution in [2.24, 2.45) is 11.7 Å². The number of carbonyl (C=O) groups excluding carboxylic acids is 1. The normalized spacial score (nSPS) is 15.2. The molecule has 0 aromatic heterocycles. The van der Waals surface area contributed by atoms with Crippen LogP contribution in [0.15, 0.2) is 23.1 Å². The molecule has 2 N–H and O–H groups in total. The van der Waals surface area contributed by atoms with E-state index in [2.05, 4.69) is 0 Å². The van der Waals surface area contributed by atoms with Crippen molar-refractivity contribution >= 4 is 34.8 Å². The van der Waals surface area contributed by atoms with E-state index in [1.54, 1.807) is 6.07 Å². The lowest BCUT2D eigenvalue weighted by Gasteiger charge is -2.15. The summed E-state index contributed by atoms with van der Waals surface area (Å²) >= 11 is 7.68. The molecule has 1 aliphatic carbocycles. The van der Waals surface area contributed by atoms with Crippen LogP contribution in [0.4, 0.5) is 0 Å². The third kappa shape index (κ3) is 3.30. The lowest BCUT2D eigenvalue weighted by atomic mass is 10.1. The molecule has 20 heavy (non-hydrogen) atoms. The zero-order valence-corrected chi connectivity index (χ0v) is 13.2. The van der Waals surface area contributed by atoms with E-state index in [1.807, 2.05) is 19.2 Å². The number of ketones is 1. The number of halogens is 1. The second-order valence-electron chi connectivity index (χ2n) is 4.67. The average Bonchev–Trinajstić information content (AvgIpc) is 3.25. The molecule has 0 atom stereocenters. The van der Waals surface area contributed by atoms with Gasteiger partial charge in [0.1, 0.15) is 0 Å². The van der Waals surface area contributed by atoms with Gasteiger partial charge in [-0.05, 0) is 32.1 Å². The fraction of sp³-hybridized carbons (Fsp3) is 0.400. The van der Waals surface area contributed by atoms with E-state index in [4.69, 9.17) is 22.1 Å². The van der Waals surface area contributed by atoms with Crippen LogP contribution >= 0.6 is 23.4 Å². The molecule has 0 bridgehead atoms. The minimum atomic E-state index is 0.113. The summed E-state index contributed by atoms with van der Waals surface area (Å²) in [5, 5.41) is 0.557. The van der Waals surface area contributed by atoms with Crippen LogP contribution in [0.2, 0.25) is 5.02 Å². The third-order valence-corrected chi connectivity index (χ3v) is 4.26. The lowest BCUT2D eigenvalue weighted by molar-refractivity contribution is -0.115. The predicted octanol–water partition coefficient (Wildman–Crippen LogP) is 3.74. The van der Waals surface area contributed by atoms with E-state index >= 15 is 0 Å². The van der Waals surface area contributed by atoms with Crippen molar-refractivity contribution in [2.45, 2.75) is 24.7 Å². The summed E-state index contributed by atoms with van der Waals surface area (Å²) in [6, 6.07) is 3.59. The Hall–Kier alpha value is -1.13. The highest BCUT2D eigenvalue weighted by Gasteiger charge is 2.28. The molecule has 0 radical (unpaired) electrons. The van der Waals surface area contributed by atoms with Crippen molar-refractivity contribution in [3.63, 3.8) is 0 Å². The number of hydrogen-bond donors (Lipinski definition) is 1. The molecule has 1 aliphatic rings. The molecule has 0 spiro atoms. The molecule has 5 heteroatoms. The van der Waals surface area contributed by atoms with Crippen LogP contribution in [0.5, 0.6) is 5.75 Å². The summed E-state index contributed by atoms with van der Waals surface area (Å²) in [6.45, 7) is 2.43. The Morgan fingerprint density at radius 1 is 1.55 bits per heavy atom. The Morgan fingerprint density at radius 2 is 2.25 bits per heavy atom. The van der Waals surface area contributed by atoms with Crippen molar-refractivity contribution in [1.29, 1.82) is 0 Å². The van der Waals surface area contributed by atoms with Gasteiger partial charge in [0.15, 0.2) is 11.5 Å². The second kappa shape index (κ2) is 6.55. The molecule has 0 amide bonds. The minimum Gasteiger partial charge on any atom is -0.491 e. The predicted molar refractivity (Wildman–Crippen MR) is 84.3 cm³/mol. The van der Waals surface area contributed by atoms with Gasteiger partial charge in [0, 0.05) is 23.3 Å². The van der Waals surface area contributed by atoms with Crippen LogP contribution in [0.25, 0.3) is 5.70 Å². The first kappa shape index (κ1) is 15.3. The maximum atomic E-state index is 11.8. The van der Waals surface area contributed by atoms with Gasteiger partial charge in [-0.3, -0.25) is 4.79 Å². The summed E-state index contributed by atoms with van der Waals surface area (Å²) in [5.74, 6) is 0.918. The van der Waals surface area contributed by atoms with E-state index in [0.29, 0.717) is 23.1 Å². The second-order valence-corrected chi connectivity index (χ2v) is 5.89. The Morgan fingerprint density at radius 3 is 2.80 bits per heavy atom. The van der Waals surface area contributed by atoms with E-state index in [-0.39, 0.29) is 11.7 Å². The largest absolute Gasteiger partial charge is 0.491 e.